The van der Waals surface area contributed by atoms with Crippen molar-refractivity contribution in [3.8, 4) is 0 Å². The lowest BCUT2D eigenvalue weighted by atomic mass is 9.80. The summed E-state index contributed by atoms with van der Waals surface area (Å²) < 4.78 is 0. The predicted molar refractivity (Wildman–Crippen MR) is 129 cm³/mol. The van der Waals surface area contributed by atoms with Crippen LogP contribution in [0.5, 0.6) is 0 Å². The molecule has 166 valence electrons. The fourth-order valence-corrected chi connectivity index (χ4v) is 4.73. The molecular weight excluding hydrogens is 366 g/mol. The second-order valence-electron chi connectivity index (χ2n) is 11.2. The molecule has 2 rings (SSSR count). The Balaban J connectivity index is 2.54. The summed E-state index contributed by atoms with van der Waals surface area (Å²) in [7, 11) is 0. The number of benzene rings is 2. The van der Waals surface area contributed by atoms with Gasteiger partial charge < -0.3 is 0 Å². The van der Waals surface area contributed by atoms with Crippen molar-refractivity contribution in [2.24, 2.45) is 17.3 Å². The molecule has 0 aliphatic rings. The zero-order valence-corrected chi connectivity index (χ0v) is 20.6. The lowest BCUT2D eigenvalue weighted by molar-refractivity contribution is -0.292. The molecule has 2 aromatic carbocycles. The van der Waals surface area contributed by atoms with Gasteiger partial charge in [-0.2, -0.15) is 5.06 Å². The molecule has 0 N–H and O–H groups in total. The van der Waals surface area contributed by atoms with E-state index in [1.807, 2.05) is 0 Å². The topological polar surface area (TPSA) is 12.5 Å². The van der Waals surface area contributed by atoms with Gasteiger partial charge in [-0.25, -0.2) is 0 Å². The Kier molecular flexibility index (Phi) is 8.30. The van der Waals surface area contributed by atoms with Gasteiger partial charge in [0.1, 0.15) is 6.10 Å². The molecule has 0 radical (unpaired) electrons. The Bertz CT molecular complexity index is 743. The Morgan fingerprint density at radius 2 is 1.17 bits per heavy atom. The van der Waals surface area contributed by atoms with Crippen molar-refractivity contribution in [1.82, 2.24) is 5.06 Å². The Morgan fingerprint density at radius 3 is 1.57 bits per heavy atom. The summed E-state index contributed by atoms with van der Waals surface area (Å²) in [5.74, 6) is 0.777. The fraction of sp³-hybridized carbons (Fsp3) is 0.571. The quantitative estimate of drug-likeness (QED) is 0.387. The molecule has 0 amide bonds. The van der Waals surface area contributed by atoms with Gasteiger partial charge >= 0.3 is 0 Å². The highest BCUT2D eigenvalue weighted by molar-refractivity contribution is 5.21. The summed E-state index contributed by atoms with van der Waals surface area (Å²) in [5, 5.41) is 2.33. The van der Waals surface area contributed by atoms with Crippen LogP contribution in [0.4, 0.5) is 0 Å². The molecule has 0 aliphatic heterocycles. The van der Waals surface area contributed by atoms with Crippen molar-refractivity contribution >= 4 is 0 Å². The van der Waals surface area contributed by atoms with Crippen molar-refractivity contribution in [1.29, 1.82) is 0 Å². The molecule has 2 nitrogen and oxygen atoms in total. The van der Waals surface area contributed by atoms with E-state index < -0.39 is 0 Å². The lowest BCUT2D eigenvalue weighted by Gasteiger charge is -2.48. The summed E-state index contributed by atoms with van der Waals surface area (Å²) in [6, 6.07) is 21.7. The SMILES string of the molecule is CC(C)C(ON(C(c1ccccc1)C(C)C)C(C)(C)CC(C)(C)C)c1ccccc1. The van der Waals surface area contributed by atoms with E-state index in [0.717, 1.165) is 6.42 Å². The van der Waals surface area contributed by atoms with Crippen LogP contribution in [-0.2, 0) is 4.84 Å². The highest BCUT2D eigenvalue weighted by Gasteiger charge is 2.40. The first-order valence-electron chi connectivity index (χ1n) is 11.5. The molecule has 30 heavy (non-hydrogen) atoms. The number of hydrogen-bond acceptors (Lipinski definition) is 2. The van der Waals surface area contributed by atoms with E-state index in [4.69, 9.17) is 4.84 Å². The monoisotopic (exact) mass is 409 g/mol. The molecule has 0 bridgehead atoms. The van der Waals surface area contributed by atoms with Gasteiger partial charge in [-0.05, 0) is 48.6 Å². The molecule has 0 saturated heterocycles. The van der Waals surface area contributed by atoms with Crippen LogP contribution in [0.1, 0.15) is 92.0 Å². The summed E-state index contributed by atoms with van der Waals surface area (Å²) in [6.07, 6.45) is 1.05. The first-order chi connectivity index (χ1) is 13.9. The van der Waals surface area contributed by atoms with E-state index >= 15 is 0 Å². The van der Waals surface area contributed by atoms with Gasteiger partial charge in [0.25, 0.3) is 0 Å². The van der Waals surface area contributed by atoms with E-state index in [9.17, 15) is 0 Å². The van der Waals surface area contributed by atoms with Gasteiger partial charge in [0, 0.05) is 5.54 Å². The Labute approximate surface area is 185 Å². The second kappa shape index (κ2) is 10.1. The maximum atomic E-state index is 7.02. The maximum Gasteiger partial charge on any atom is 0.107 e. The summed E-state index contributed by atoms with van der Waals surface area (Å²) in [6.45, 7) is 20.7. The number of hydroxylamine groups is 2. The molecule has 0 spiro atoms. The minimum absolute atomic E-state index is 0.00963. The van der Waals surface area contributed by atoms with Gasteiger partial charge in [0.05, 0.1) is 6.04 Å². The number of nitrogens with zero attached hydrogens (tertiary/aromatic N) is 1. The molecule has 2 unspecified atom stereocenters. The standard InChI is InChI=1S/C28H43NO/c1-21(2)25(23-16-12-10-13-17-23)29(28(8,9)20-27(5,6)7)30-26(22(3)4)24-18-14-11-15-19-24/h10-19,21-22,25-26H,20H2,1-9H3. The highest BCUT2D eigenvalue weighted by Crippen LogP contribution is 2.42. The summed E-state index contributed by atoms with van der Waals surface area (Å²) >= 11 is 0. The van der Waals surface area contributed by atoms with Gasteiger partial charge in [-0.15, -0.1) is 0 Å². The lowest BCUT2D eigenvalue weighted by Crippen LogP contribution is -2.50. The van der Waals surface area contributed by atoms with Crippen LogP contribution < -0.4 is 0 Å². The molecular formula is C28H43NO. The Morgan fingerprint density at radius 1 is 0.700 bits per heavy atom. The van der Waals surface area contributed by atoms with Crippen molar-refractivity contribution in [3.05, 3.63) is 71.8 Å². The normalized spacial score (nSPS) is 15.1. The van der Waals surface area contributed by atoms with E-state index in [1.54, 1.807) is 0 Å². The zero-order chi connectivity index (χ0) is 22.5. The largest absolute Gasteiger partial charge is 0.290 e. The molecule has 0 aromatic heterocycles. The van der Waals surface area contributed by atoms with Gasteiger partial charge in [-0.3, -0.25) is 4.84 Å². The average molecular weight is 410 g/mol. The maximum absolute atomic E-state index is 7.02. The minimum Gasteiger partial charge on any atom is -0.290 e. The molecule has 0 fully saturated rings. The number of hydrogen-bond donors (Lipinski definition) is 0. The molecule has 0 saturated carbocycles. The van der Waals surface area contributed by atoms with E-state index in [2.05, 4.69) is 128 Å². The second-order valence-corrected chi connectivity index (χ2v) is 11.2. The third kappa shape index (κ3) is 6.68. The summed E-state index contributed by atoms with van der Waals surface area (Å²) in [5.41, 5.74) is 2.61. The third-order valence-electron chi connectivity index (χ3n) is 5.55. The number of rotatable bonds is 9. The third-order valence-corrected chi connectivity index (χ3v) is 5.55. The first-order valence-corrected chi connectivity index (χ1v) is 11.5. The van der Waals surface area contributed by atoms with Crippen molar-refractivity contribution < 1.29 is 4.84 Å². The first kappa shape index (κ1) is 24.6. The van der Waals surface area contributed by atoms with Gasteiger partial charge in [0.15, 0.2) is 0 Å². The molecule has 2 heteroatoms. The zero-order valence-electron chi connectivity index (χ0n) is 20.6. The van der Waals surface area contributed by atoms with Gasteiger partial charge in [-0.1, -0.05) is 109 Å². The fourth-order valence-electron chi connectivity index (χ4n) is 4.73. The van der Waals surface area contributed by atoms with Crippen LogP contribution in [0, 0.1) is 17.3 Å². The molecule has 0 heterocycles. The van der Waals surface area contributed by atoms with E-state index in [-0.39, 0.29) is 23.1 Å². The van der Waals surface area contributed by atoms with Crippen LogP contribution in [-0.4, -0.2) is 10.6 Å². The molecule has 2 atom stereocenters. The van der Waals surface area contributed by atoms with Crippen LogP contribution in [0.3, 0.4) is 0 Å². The van der Waals surface area contributed by atoms with Crippen molar-refractivity contribution in [2.75, 3.05) is 0 Å². The van der Waals surface area contributed by atoms with Crippen LogP contribution in [0.2, 0.25) is 0 Å². The molecule has 0 aliphatic carbocycles. The predicted octanol–water partition coefficient (Wildman–Crippen LogP) is 8.23. The average Bonchev–Trinajstić information content (AvgIpc) is 2.63. The highest BCUT2D eigenvalue weighted by atomic mass is 16.7. The molecule has 2 aromatic rings. The summed E-state index contributed by atoms with van der Waals surface area (Å²) in [4.78, 5) is 7.02. The Hall–Kier alpha value is -1.64. The smallest absolute Gasteiger partial charge is 0.107 e. The van der Waals surface area contributed by atoms with Crippen LogP contribution >= 0.6 is 0 Å². The van der Waals surface area contributed by atoms with Crippen LogP contribution in [0.25, 0.3) is 0 Å². The van der Waals surface area contributed by atoms with Crippen molar-refractivity contribution in [2.45, 2.75) is 86.4 Å². The van der Waals surface area contributed by atoms with E-state index in [0.29, 0.717) is 11.8 Å². The van der Waals surface area contributed by atoms with Crippen molar-refractivity contribution in [3.63, 3.8) is 0 Å². The minimum atomic E-state index is -0.134. The van der Waals surface area contributed by atoms with Gasteiger partial charge in [0.2, 0.25) is 0 Å². The van der Waals surface area contributed by atoms with E-state index in [1.165, 1.54) is 11.1 Å². The van der Waals surface area contributed by atoms with Crippen LogP contribution in [0.15, 0.2) is 60.7 Å².